The molecule has 1 N–H and O–H groups in total. The molecule has 3 aromatic carbocycles. The van der Waals surface area contributed by atoms with E-state index in [1.165, 1.54) is 17.2 Å². The van der Waals surface area contributed by atoms with E-state index in [0.717, 1.165) is 64.8 Å². The third-order valence-corrected chi connectivity index (χ3v) is 8.37. The Hall–Kier alpha value is -3.28. The van der Waals surface area contributed by atoms with Crippen molar-refractivity contribution >= 4 is 66.7 Å². The van der Waals surface area contributed by atoms with Crippen molar-refractivity contribution in [3.63, 3.8) is 0 Å². The molecule has 41 heavy (non-hydrogen) atoms. The Morgan fingerprint density at radius 3 is 2.29 bits per heavy atom. The summed E-state index contributed by atoms with van der Waals surface area (Å²) in [5, 5.41) is 6.84. The number of aromatic nitrogens is 3. The molecule has 3 heterocycles. The van der Waals surface area contributed by atoms with Gasteiger partial charge in [-0.15, -0.1) is 0 Å². The van der Waals surface area contributed by atoms with E-state index in [9.17, 15) is 0 Å². The first-order valence-corrected chi connectivity index (χ1v) is 15.4. The van der Waals surface area contributed by atoms with Crippen LogP contribution in [0.25, 0.3) is 10.8 Å². The van der Waals surface area contributed by atoms with Gasteiger partial charge in [-0.2, -0.15) is 20.1 Å². The molecule has 9 nitrogen and oxygen atoms in total. The molecule has 0 unspecified atom stereocenters. The Bertz CT molecular complexity index is 1470. The Balaban J connectivity index is 1.16. The van der Waals surface area contributed by atoms with Crippen LogP contribution in [-0.2, 0) is 11.3 Å². The lowest BCUT2D eigenvalue weighted by atomic mass is 10.1. The summed E-state index contributed by atoms with van der Waals surface area (Å²) in [5.74, 6) is 2.50. The highest BCUT2D eigenvalue weighted by molar-refractivity contribution is 9.11. The average Bonchev–Trinajstić information content (AvgIpc) is 3.01. The Labute approximate surface area is 256 Å². The van der Waals surface area contributed by atoms with E-state index < -0.39 is 0 Å². The number of rotatable bonds is 8. The molecule has 2 saturated heterocycles. The standard InChI is InChI=1S/C30H31Br2N7O2/c31-25-17-21(18-26(32)27(25)41-20-23-9-6-8-22-7-2-3-10-24(22)23)19-33-37-28-34-29(38-11-4-1-5-12-38)36-30(35-28)39-13-15-40-16-14-39/h2-3,6-10,17-19H,1,4-5,11-16,20H2,(H,34,35,36,37)/b33-19+. The van der Waals surface area contributed by atoms with Gasteiger partial charge in [0, 0.05) is 26.2 Å². The van der Waals surface area contributed by atoms with Crippen LogP contribution in [-0.4, -0.2) is 60.6 Å². The number of nitrogens with zero attached hydrogens (tertiary/aromatic N) is 6. The van der Waals surface area contributed by atoms with Crippen LogP contribution in [0.15, 0.2) is 68.6 Å². The number of fused-ring (bicyclic) bond motifs is 1. The van der Waals surface area contributed by atoms with Gasteiger partial charge in [0.1, 0.15) is 12.4 Å². The molecule has 2 aliphatic heterocycles. The first-order valence-electron chi connectivity index (χ1n) is 13.9. The normalized spacial score (nSPS) is 16.0. The lowest BCUT2D eigenvalue weighted by Crippen LogP contribution is -2.38. The van der Waals surface area contributed by atoms with E-state index in [0.29, 0.717) is 37.7 Å². The van der Waals surface area contributed by atoms with Crippen LogP contribution < -0.4 is 20.0 Å². The van der Waals surface area contributed by atoms with Crippen molar-refractivity contribution in [1.82, 2.24) is 15.0 Å². The number of hydrazone groups is 1. The minimum atomic E-state index is 0.423. The largest absolute Gasteiger partial charge is 0.487 e. The van der Waals surface area contributed by atoms with Crippen molar-refractivity contribution in [3.05, 3.63) is 74.7 Å². The summed E-state index contributed by atoms with van der Waals surface area (Å²) in [6.07, 6.45) is 5.27. The number of anilines is 3. The van der Waals surface area contributed by atoms with Crippen molar-refractivity contribution in [2.24, 2.45) is 5.10 Å². The second kappa shape index (κ2) is 13.1. The molecule has 0 spiro atoms. The Morgan fingerprint density at radius 2 is 1.54 bits per heavy atom. The molecule has 11 heteroatoms. The maximum atomic E-state index is 6.23. The molecule has 212 valence electrons. The SMILES string of the molecule is Brc1cc(/C=N/Nc2nc(N3CCCCC3)nc(N3CCOCC3)n2)cc(Br)c1OCc1cccc2ccccc12. The highest BCUT2D eigenvalue weighted by Gasteiger charge is 2.20. The van der Waals surface area contributed by atoms with Gasteiger partial charge >= 0.3 is 0 Å². The molecule has 6 rings (SSSR count). The molecule has 2 aliphatic rings. The van der Waals surface area contributed by atoms with Gasteiger partial charge in [0.25, 0.3) is 0 Å². The summed E-state index contributed by atoms with van der Waals surface area (Å²) in [6.45, 7) is 5.19. The van der Waals surface area contributed by atoms with Gasteiger partial charge in [-0.3, -0.25) is 0 Å². The predicted octanol–water partition coefficient (Wildman–Crippen LogP) is 6.40. The maximum absolute atomic E-state index is 6.23. The predicted molar refractivity (Wildman–Crippen MR) is 170 cm³/mol. The summed E-state index contributed by atoms with van der Waals surface area (Å²) in [6, 6.07) is 18.5. The highest BCUT2D eigenvalue weighted by atomic mass is 79.9. The fourth-order valence-corrected chi connectivity index (χ4v) is 6.52. The zero-order valence-corrected chi connectivity index (χ0v) is 25.8. The number of ether oxygens (including phenoxy) is 2. The van der Waals surface area contributed by atoms with Crippen LogP contribution in [0.3, 0.4) is 0 Å². The third kappa shape index (κ3) is 6.79. The quantitative estimate of drug-likeness (QED) is 0.169. The topological polar surface area (TPSA) is 88.0 Å². The number of hydrogen-bond acceptors (Lipinski definition) is 9. The molecular weight excluding hydrogens is 650 g/mol. The monoisotopic (exact) mass is 679 g/mol. The smallest absolute Gasteiger partial charge is 0.250 e. The van der Waals surface area contributed by atoms with E-state index in [4.69, 9.17) is 14.5 Å². The summed E-state index contributed by atoms with van der Waals surface area (Å²) in [5.41, 5.74) is 5.05. The van der Waals surface area contributed by atoms with Crippen LogP contribution in [0.4, 0.5) is 17.8 Å². The number of halogens is 2. The molecule has 0 aliphatic carbocycles. The number of morpholine rings is 1. The fourth-order valence-electron chi connectivity index (χ4n) is 5.07. The molecule has 0 atom stereocenters. The van der Waals surface area contributed by atoms with E-state index in [1.54, 1.807) is 6.21 Å². The van der Waals surface area contributed by atoms with Gasteiger partial charge in [0.15, 0.2) is 0 Å². The minimum absolute atomic E-state index is 0.423. The zero-order chi connectivity index (χ0) is 28.0. The number of nitrogens with one attached hydrogen (secondary N) is 1. The zero-order valence-electron chi connectivity index (χ0n) is 22.6. The fraction of sp³-hybridized carbons (Fsp3) is 0.333. The summed E-state index contributed by atoms with van der Waals surface area (Å²) in [4.78, 5) is 18.5. The average molecular weight is 681 g/mol. The molecule has 0 radical (unpaired) electrons. The van der Waals surface area contributed by atoms with E-state index >= 15 is 0 Å². The van der Waals surface area contributed by atoms with Crippen molar-refractivity contribution in [2.45, 2.75) is 25.9 Å². The second-order valence-corrected chi connectivity index (χ2v) is 11.7. The molecule has 0 saturated carbocycles. The van der Waals surface area contributed by atoms with Gasteiger partial charge < -0.3 is 19.3 Å². The van der Waals surface area contributed by atoms with Crippen molar-refractivity contribution < 1.29 is 9.47 Å². The van der Waals surface area contributed by atoms with Gasteiger partial charge in [0.05, 0.1) is 28.4 Å². The van der Waals surface area contributed by atoms with Crippen molar-refractivity contribution in [3.8, 4) is 5.75 Å². The van der Waals surface area contributed by atoms with Crippen LogP contribution in [0.2, 0.25) is 0 Å². The van der Waals surface area contributed by atoms with E-state index in [2.05, 4.69) is 98.6 Å². The van der Waals surface area contributed by atoms with Crippen LogP contribution >= 0.6 is 31.9 Å². The van der Waals surface area contributed by atoms with Crippen LogP contribution in [0, 0.1) is 0 Å². The van der Waals surface area contributed by atoms with Gasteiger partial charge in [-0.05, 0) is 85.2 Å². The van der Waals surface area contributed by atoms with Crippen LogP contribution in [0.5, 0.6) is 5.75 Å². The first kappa shape index (κ1) is 27.9. The Morgan fingerprint density at radius 1 is 0.854 bits per heavy atom. The molecule has 4 aromatic rings. The molecule has 0 amide bonds. The van der Waals surface area contributed by atoms with E-state index in [1.807, 2.05) is 18.2 Å². The third-order valence-electron chi connectivity index (χ3n) is 7.20. The minimum Gasteiger partial charge on any atom is -0.487 e. The number of piperidine rings is 1. The molecular formula is C30H31Br2N7O2. The van der Waals surface area contributed by atoms with Crippen molar-refractivity contribution in [1.29, 1.82) is 0 Å². The molecule has 2 fully saturated rings. The lowest BCUT2D eigenvalue weighted by Gasteiger charge is -2.30. The molecule has 1 aromatic heterocycles. The number of hydrogen-bond donors (Lipinski definition) is 1. The second-order valence-electron chi connectivity index (χ2n) is 10.0. The first-order chi connectivity index (χ1) is 20.1. The van der Waals surface area contributed by atoms with E-state index in [-0.39, 0.29) is 0 Å². The molecule has 0 bridgehead atoms. The summed E-state index contributed by atoms with van der Waals surface area (Å²) < 4.78 is 13.4. The van der Waals surface area contributed by atoms with Crippen molar-refractivity contribution in [2.75, 3.05) is 54.6 Å². The maximum Gasteiger partial charge on any atom is 0.250 e. The summed E-state index contributed by atoms with van der Waals surface area (Å²) in [7, 11) is 0. The van der Waals surface area contributed by atoms with Gasteiger partial charge in [0.2, 0.25) is 17.8 Å². The Kier molecular flexibility index (Phi) is 8.93. The summed E-state index contributed by atoms with van der Waals surface area (Å²) >= 11 is 7.35. The van der Waals surface area contributed by atoms with Gasteiger partial charge in [-0.1, -0.05) is 42.5 Å². The number of benzene rings is 3. The lowest BCUT2D eigenvalue weighted by molar-refractivity contribution is 0.122. The van der Waals surface area contributed by atoms with Crippen LogP contribution in [0.1, 0.15) is 30.4 Å². The van der Waals surface area contributed by atoms with Gasteiger partial charge in [-0.25, -0.2) is 5.43 Å². The highest BCUT2D eigenvalue weighted by Crippen LogP contribution is 2.35.